The van der Waals surface area contributed by atoms with E-state index in [0.29, 0.717) is 17.7 Å². The number of hydrogen-bond donors (Lipinski definition) is 1. The monoisotopic (exact) mass is 379 g/mol. The Labute approximate surface area is 159 Å². The van der Waals surface area contributed by atoms with Crippen LogP contribution in [0.3, 0.4) is 0 Å². The summed E-state index contributed by atoms with van der Waals surface area (Å²) in [6, 6.07) is 2.22. The molecule has 0 bridgehead atoms. The molecule has 2 aromatic rings. The number of halogens is 1. The summed E-state index contributed by atoms with van der Waals surface area (Å²) in [5.41, 5.74) is 0.562. The van der Waals surface area contributed by atoms with E-state index in [1.165, 1.54) is 0 Å². The van der Waals surface area contributed by atoms with Crippen molar-refractivity contribution in [1.82, 2.24) is 35.0 Å². The quantitative estimate of drug-likeness (QED) is 0.867. The zero-order chi connectivity index (χ0) is 17.1. The Kier molecular flexibility index (Phi) is 6.26. The van der Waals surface area contributed by atoms with Gasteiger partial charge in [0, 0.05) is 38.6 Å². The van der Waals surface area contributed by atoms with E-state index in [0.717, 1.165) is 58.4 Å². The lowest BCUT2D eigenvalue weighted by molar-refractivity contribution is 0.0652. The van der Waals surface area contributed by atoms with Gasteiger partial charge in [-0.05, 0) is 44.2 Å². The van der Waals surface area contributed by atoms with E-state index < -0.39 is 0 Å². The van der Waals surface area contributed by atoms with Gasteiger partial charge in [0.15, 0.2) is 0 Å². The van der Waals surface area contributed by atoms with Crippen LogP contribution < -0.4 is 5.32 Å². The number of amides is 1. The molecule has 2 fully saturated rings. The summed E-state index contributed by atoms with van der Waals surface area (Å²) in [6.07, 6.45) is 9.93. The van der Waals surface area contributed by atoms with Crippen LogP contribution >= 0.6 is 12.4 Å². The summed E-state index contributed by atoms with van der Waals surface area (Å²) in [7, 11) is 0. The zero-order valence-corrected chi connectivity index (χ0v) is 15.6. The third-order valence-electron chi connectivity index (χ3n) is 5.20. The second kappa shape index (κ2) is 8.64. The number of nitrogens with one attached hydrogen (secondary N) is 1. The molecule has 4 rings (SSSR count). The number of aromatic nitrogens is 5. The predicted octanol–water partition coefficient (Wildman–Crippen LogP) is 1.37. The molecule has 26 heavy (non-hydrogen) atoms. The Hall–Kier alpha value is -1.93. The Balaban J connectivity index is 0.00000196. The molecule has 4 heterocycles. The van der Waals surface area contributed by atoms with E-state index in [2.05, 4.69) is 20.7 Å². The third kappa shape index (κ3) is 4.24. The highest BCUT2D eigenvalue weighted by Crippen LogP contribution is 2.21. The average molecular weight is 380 g/mol. The molecule has 0 spiro atoms. The van der Waals surface area contributed by atoms with Crippen molar-refractivity contribution in [3.63, 3.8) is 0 Å². The van der Waals surface area contributed by atoms with Crippen molar-refractivity contribution in [2.24, 2.45) is 5.92 Å². The summed E-state index contributed by atoms with van der Waals surface area (Å²) < 4.78 is 3.81. The molecule has 2 aliphatic heterocycles. The fourth-order valence-corrected chi connectivity index (χ4v) is 3.87. The molecule has 1 N–H and O–H groups in total. The number of carbonyl (C=O) groups is 1. The maximum Gasteiger partial charge on any atom is 0.274 e. The van der Waals surface area contributed by atoms with Crippen molar-refractivity contribution in [2.75, 3.05) is 26.2 Å². The van der Waals surface area contributed by atoms with Gasteiger partial charge in [0.2, 0.25) is 0 Å². The maximum absolute atomic E-state index is 12.8. The molecular weight excluding hydrogens is 354 g/mol. The van der Waals surface area contributed by atoms with Crippen molar-refractivity contribution in [3.05, 3.63) is 30.4 Å². The lowest BCUT2D eigenvalue weighted by Gasteiger charge is -2.32. The largest absolute Gasteiger partial charge is 0.337 e. The Morgan fingerprint density at radius 3 is 2.96 bits per heavy atom. The number of carbonyl (C=O) groups excluding carboxylic acids is 1. The topological polar surface area (TPSA) is 80.9 Å². The van der Waals surface area contributed by atoms with Crippen LogP contribution in [0.1, 0.15) is 42.2 Å². The van der Waals surface area contributed by atoms with Crippen LogP contribution in [0, 0.1) is 5.92 Å². The third-order valence-corrected chi connectivity index (χ3v) is 5.20. The normalized spacial score (nSPS) is 23.5. The molecule has 8 nitrogen and oxygen atoms in total. The minimum atomic E-state index is 0. The number of nitrogens with zero attached hydrogens (tertiary/aromatic N) is 6. The lowest BCUT2D eigenvalue weighted by Crippen LogP contribution is -2.41. The first kappa shape index (κ1) is 18.8. The molecule has 2 saturated heterocycles. The first-order valence-electron chi connectivity index (χ1n) is 9.19. The van der Waals surface area contributed by atoms with Crippen molar-refractivity contribution >= 4 is 18.3 Å². The number of piperidine rings is 2. The van der Waals surface area contributed by atoms with E-state index in [9.17, 15) is 4.79 Å². The molecule has 2 aliphatic rings. The summed E-state index contributed by atoms with van der Waals surface area (Å²) in [6.45, 7) is 4.39. The van der Waals surface area contributed by atoms with Crippen LogP contribution in [-0.4, -0.2) is 61.8 Å². The fraction of sp³-hybridized carbons (Fsp3) is 0.647. The van der Waals surface area contributed by atoms with E-state index in [1.807, 2.05) is 32.7 Å². The van der Waals surface area contributed by atoms with Gasteiger partial charge < -0.3 is 10.2 Å². The van der Waals surface area contributed by atoms with Crippen LogP contribution in [0.4, 0.5) is 0 Å². The minimum Gasteiger partial charge on any atom is -0.337 e. The van der Waals surface area contributed by atoms with Gasteiger partial charge >= 0.3 is 0 Å². The van der Waals surface area contributed by atoms with E-state index in [1.54, 1.807) is 6.20 Å². The van der Waals surface area contributed by atoms with Gasteiger partial charge in [-0.1, -0.05) is 5.21 Å². The Morgan fingerprint density at radius 2 is 2.19 bits per heavy atom. The Morgan fingerprint density at radius 1 is 1.27 bits per heavy atom. The molecule has 0 aromatic carbocycles. The van der Waals surface area contributed by atoms with Crippen LogP contribution in [0.25, 0.3) is 0 Å². The van der Waals surface area contributed by atoms with Crippen molar-refractivity contribution in [2.45, 2.75) is 38.3 Å². The summed E-state index contributed by atoms with van der Waals surface area (Å²) in [5, 5.41) is 15.8. The second-order valence-electron chi connectivity index (χ2n) is 7.07. The van der Waals surface area contributed by atoms with Gasteiger partial charge in [-0.25, -0.2) is 0 Å². The van der Waals surface area contributed by atoms with Crippen LogP contribution in [0.2, 0.25) is 0 Å². The van der Waals surface area contributed by atoms with Gasteiger partial charge in [0.1, 0.15) is 5.69 Å². The molecule has 0 aliphatic carbocycles. The van der Waals surface area contributed by atoms with Gasteiger partial charge in [0.05, 0.1) is 12.2 Å². The van der Waals surface area contributed by atoms with Gasteiger partial charge in [-0.3, -0.25) is 14.2 Å². The van der Waals surface area contributed by atoms with E-state index in [-0.39, 0.29) is 18.3 Å². The highest BCUT2D eigenvalue weighted by atomic mass is 35.5. The molecule has 0 saturated carbocycles. The van der Waals surface area contributed by atoms with Gasteiger partial charge in [-0.15, -0.1) is 17.5 Å². The zero-order valence-electron chi connectivity index (χ0n) is 14.8. The lowest BCUT2D eigenvalue weighted by atomic mass is 9.98. The van der Waals surface area contributed by atoms with Gasteiger partial charge in [-0.2, -0.15) is 5.10 Å². The summed E-state index contributed by atoms with van der Waals surface area (Å²) >= 11 is 0. The molecule has 9 heteroatoms. The summed E-state index contributed by atoms with van der Waals surface area (Å²) in [4.78, 5) is 14.8. The smallest absolute Gasteiger partial charge is 0.274 e. The first-order chi connectivity index (χ1) is 12.3. The number of rotatable bonds is 4. The number of likely N-dealkylation sites (tertiary alicyclic amines) is 1. The van der Waals surface area contributed by atoms with Crippen LogP contribution in [0.15, 0.2) is 24.7 Å². The SMILES string of the molecule is Cl.O=C(c1ccn(C2CCCNC2)n1)N1CCCC(Cn2ccnn2)C1. The van der Waals surface area contributed by atoms with E-state index in [4.69, 9.17) is 0 Å². The van der Waals surface area contributed by atoms with Gasteiger partial charge in [0.25, 0.3) is 5.91 Å². The highest BCUT2D eigenvalue weighted by Gasteiger charge is 2.27. The molecule has 1 amide bonds. The standard InChI is InChI=1S/C17H25N7O.ClH/c25-17(16-5-9-24(20-16)15-4-1-6-18-11-15)22-8-2-3-14(12-22)13-23-10-7-19-21-23;/h5,7,9-10,14-15,18H,1-4,6,8,11-13H2;1H. The molecular formula is C17H26ClN7O. The number of hydrogen-bond acceptors (Lipinski definition) is 5. The second-order valence-corrected chi connectivity index (χ2v) is 7.07. The molecule has 142 valence electrons. The fourth-order valence-electron chi connectivity index (χ4n) is 3.87. The maximum atomic E-state index is 12.8. The van der Waals surface area contributed by atoms with Crippen molar-refractivity contribution in [3.8, 4) is 0 Å². The molecule has 2 atom stereocenters. The highest BCUT2D eigenvalue weighted by molar-refractivity contribution is 5.92. The predicted molar refractivity (Wildman–Crippen MR) is 99.3 cm³/mol. The molecule has 2 unspecified atom stereocenters. The molecule has 0 radical (unpaired) electrons. The van der Waals surface area contributed by atoms with Crippen molar-refractivity contribution in [1.29, 1.82) is 0 Å². The van der Waals surface area contributed by atoms with E-state index >= 15 is 0 Å². The molecule has 2 aromatic heterocycles. The average Bonchev–Trinajstić information content (AvgIpc) is 3.34. The van der Waals surface area contributed by atoms with Crippen LogP contribution in [-0.2, 0) is 6.54 Å². The van der Waals surface area contributed by atoms with Crippen molar-refractivity contribution < 1.29 is 4.79 Å². The minimum absolute atomic E-state index is 0. The van der Waals surface area contributed by atoms with Crippen LogP contribution in [0.5, 0.6) is 0 Å². The Bertz CT molecular complexity index is 696. The summed E-state index contributed by atoms with van der Waals surface area (Å²) in [5.74, 6) is 0.467. The first-order valence-corrected chi connectivity index (χ1v) is 9.19.